The van der Waals surface area contributed by atoms with Crippen LogP contribution in [0.5, 0.6) is 0 Å². The lowest BCUT2D eigenvalue weighted by molar-refractivity contribution is 0.150. The number of fused-ring (bicyclic) bond motifs is 1. The standard InChI is InChI=1S/C20H24N4/c1-22-19(10-9-18-8-5-11-21-20(18)22)24-14-12-23(13-15-24)16-17-6-3-2-4-7-17/h2-8,10-11H,9,12-16H2,1H3. The highest BCUT2D eigenvalue weighted by Crippen LogP contribution is 2.28. The molecule has 2 aromatic rings. The topological polar surface area (TPSA) is 22.6 Å². The van der Waals surface area contributed by atoms with Crippen LogP contribution in [-0.4, -0.2) is 48.0 Å². The van der Waals surface area contributed by atoms with E-state index in [1.54, 1.807) is 0 Å². The fraction of sp³-hybridized carbons (Fsp3) is 0.350. The highest BCUT2D eigenvalue weighted by molar-refractivity contribution is 5.55. The van der Waals surface area contributed by atoms with E-state index in [-0.39, 0.29) is 0 Å². The van der Waals surface area contributed by atoms with Gasteiger partial charge in [-0.25, -0.2) is 4.98 Å². The van der Waals surface area contributed by atoms with Crippen LogP contribution in [0.4, 0.5) is 5.82 Å². The number of hydrogen-bond donors (Lipinski definition) is 0. The number of piperazine rings is 1. The molecule has 1 saturated heterocycles. The zero-order valence-corrected chi connectivity index (χ0v) is 14.2. The first-order valence-electron chi connectivity index (χ1n) is 8.70. The third kappa shape index (κ3) is 3.02. The number of hydrogen-bond acceptors (Lipinski definition) is 4. The van der Waals surface area contributed by atoms with E-state index in [2.05, 4.69) is 69.2 Å². The van der Waals surface area contributed by atoms with Crippen molar-refractivity contribution in [3.05, 3.63) is 71.7 Å². The van der Waals surface area contributed by atoms with Crippen molar-refractivity contribution in [2.75, 3.05) is 38.1 Å². The number of nitrogens with zero attached hydrogens (tertiary/aromatic N) is 4. The lowest BCUT2D eigenvalue weighted by atomic mass is 10.1. The Kier molecular flexibility index (Phi) is 4.22. The molecule has 3 heterocycles. The summed E-state index contributed by atoms with van der Waals surface area (Å²) in [6.45, 7) is 5.41. The first-order valence-corrected chi connectivity index (χ1v) is 8.70. The average molecular weight is 320 g/mol. The first-order chi connectivity index (χ1) is 11.8. The van der Waals surface area contributed by atoms with E-state index < -0.39 is 0 Å². The molecule has 0 saturated carbocycles. The second-order valence-corrected chi connectivity index (χ2v) is 6.56. The molecule has 0 aliphatic carbocycles. The van der Waals surface area contributed by atoms with Crippen molar-refractivity contribution in [1.82, 2.24) is 14.8 Å². The highest BCUT2D eigenvalue weighted by Gasteiger charge is 2.25. The van der Waals surface area contributed by atoms with Crippen molar-refractivity contribution in [2.45, 2.75) is 13.0 Å². The molecule has 2 aliphatic heterocycles. The first kappa shape index (κ1) is 15.2. The van der Waals surface area contributed by atoms with E-state index >= 15 is 0 Å². The molecule has 1 aromatic carbocycles. The molecule has 0 N–H and O–H groups in total. The predicted octanol–water partition coefficient (Wildman–Crippen LogP) is 2.73. The normalized spacial score (nSPS) is 18.3. The Labute approximate surface area is 144 Å². The fourth-order valence-electron chi connectivity index (χ4n) is 3.66. The van der Waals surface area contributed by atoms with Crippen molar-refractivity contribution in [2.24, 2.45) is 0 Å². The second-order valence-electron chi connectivity index (χ2n) is 6.56. The van der Waals surface area contributed by atoms with Gasteiger partial charge in [-0.1, -0.05) is 36.4 Å². The molecule has 2 aliphatic rings. The van der Waals surface area contributed by atoms with Crippen LogP contribution in [0.25, 0.3) is 0 Å². The van der Waals surface area contributed by atoms with E-state index in [0.717, 1.165) is 45.0 Å². The number of pyridine rings is 1. The van der Waals surface area contributed by atoms with Gasteiger partial charge in [-0.2, -0.15) is 0 Å². The van der Waals surface area contributed by atoms with Crippen LogP contribution in [0.1, 0.15) is 11.1 Å². The fourth-order valence-corrected chi connectivity index (χ4v) is 3.66. The summed E-state index contributed by atoms with van der Waals surface area (Å²) in [6.07, 6.45) is 5.21. The van der Waals surface area contributed by atoms with E-state index in [0.29, 0.717) is 0 Å². The van der Waals surface area contributed by atoms with Crippen molar-refractivity contribution < 1.29 is 0 Å². The molecule has 0 bridgehead atoms. The minimum atomic E-state index is 0.979. The minimum Gasteiger partial charge on any atom is -0.356 e. The Hall–Kier alpha value is -2.33. The quantitative estimate of drug-likeness (QED) is 0.867. The maximum absolute atomic E-state index is 4.56. The van der Waals surface area contributed by atoms with Crippen LogP contribution in [0, 0.1) is 0 Å². The molecule has 1 fully saturated rings. The summed E-state index contributed by atoms with van der Waals surface area (Å²) in [6, 6.07) is 14.9. The van der Waals surface area contributed by atoms with Crippen molar-refractivity contribution in [3.63, 3.8) is 0 Å². The molecular weight excluding hydrogens is 296 g/mol. The van der Waals surface area contributed by atoms with Gasteiger partial charge in [0, 0.05) is 46.0 Å². The van der Waals surface area contributed by atoms with Gasteiger partial charge < -0.3 is 9.80 Å². The Morgan fingerprint density at radius 1 is 0.958 bits per heavy atom. The van der Waals surface area contributed by atoms with Crippen LogP contribution in [0.15, 0.2) is 60.6 Å². The van der Waals surface area contributed by atoms with Crippen LogP contribution in [-0.2, 0) is 13.0 Å². The Morgan fingerprint density at radius 2 is 1.75 bits per heavy atom. The summed E-state index contributed by atoms with van der Waals surface area (Å²) >= 11 is 0. The molecule has 24 heavy (non-hydrogen) atoms. The van der Waals surface area contributed by atoms with Gasteiger partial charge in [-0.05, 0) is 29.7 Å². The smallest absolute Gasteiger partial charge is 0.137 e. The summed E-state index contributed by atoms with van der Waals surface area (Å²) < 4.78 is 0. The Bertz CT molecular complexity index is 717. The average Bonchev–Trinajstić information content (AvgIpc) is 2.64. The SMILES string of the molecule is CN1C(N2CCN(Cc3ccccc3)CC2)=CCc2cccnc21. The lowest BCUT2D eigenvalue weighted by Crippen LogP contribution is -2.48. The molecule has 0 amide bonds. The number of rotatable bonds is 3. The Balaban J connectivity index is 1.39. The van der Waals surface area contributed by atoms with E-state index in [9.17, 15) is 0 Å². The van der Waals surface area contributed by atoms with Crippen LogP contribution < -0.4 is 4.90 Å². The van der Waals surface area contributed by atoms with E-state index in [1.165, 1.54) is 16.9 Å². The van der Waals surface area contributed by atoms with Gasteiger partial charge in [0.15, 0.2) is 0 Å². The largest absolute Gasteiger partial charge is 0.356 e. The molecule has 0 radical (unpaired) electrons. The number of aromatic nitrogens is 1. The summed E-state index contributed by atoms with van der Waals surface area (Å²) in [5.41, 5.74) is 2.71. The van der Waals surface area contributed by atoms with Gasteiger partial charge in [0.2, 0.25) is 0 Å². The third-order valence-electron chi connectivity index (χ3n) is 4.98. The van der Waals surface area contributed by atoms with E-state index in [4.69, 9.17) is 0 Å². The van der Waals surface area contributed by atoms with Gasteiger partial charge in [-0.3, -0.25) is 4.90 Å². The van der Waals surface area contributed by atoms with Crippen LogP contribution >= 0.6 is 0 Å². The van der Waals surface area contributed by atoms with Crippen molar-refractivity contribution >= 4 is 5.82 Å². The van der Waals surface area contributed by atoms with Gasteiger partial charge >= 0.3 is 0 Å². The highest BCUT2D eigenvalue weighted by atomic mass is 15.4. The van der Waals surface area contributed by atoms with Gasteiger partial charge in [0.1, 0.15) is 11.6 Å². The molecular formula is C20H24N4. The molecule has 4 nitrogen and oxygen atoms in total. The summed E-state index contributed by atoms with van der Waals surface area (Å²) in [5.74, 6) is 2.40. The van der Waals surface area contributed by atoms with Gasteiger partial charge in [-0.15, -0.1) is 0 Å². The Morgan fingerprint density at radius 3 is 2.54 bits per heavy atom. The molecule has 4 heteroatoms. The maximum atomic E-state index is 4.56. The molecule has 0 spiro atoms. The maximum Gasteiger partial charge on any atom is 0.137 e. The summed E-state index contributed by atoms with van der Waals surface area (Å²) in [5, 5.41) is 0. The van der Waals surface area contributed by atoms with Gasteiger partial charge in [0.05, 0.1) is 0 Å². The lowest BCUT2D eigenvalue weighted by Gasteiger charge is -2.41. The predicted molar refractivity (Wildman–Crippen MR) is 97.7 cm³/mol. The second kappa shape index (κ2) is 6.65. The van der Waals surface area contributed by atoms with E-state index in [1.807, 2.05) is 12.3 Å². The van der Waals surface area contributed by atoms with Crippen LogP contribution in [0.2, 0.25) is 0 Å². The molecule has 4 rings (SSSR count). The van der Waals surface area contributed by atoms with Gasteiger partial charge in [0.25, 0.3) is 0 Å². The molecule has 1 aromatic heterocycles. The molecule has 124 valence electrons. The minimum absolute atomic E-state index is 0.979. The summed E-state index contributed by atoms with van der Waals surface area (Å²) in [7, 11) is 2.13. The zero-order valence-electron chi connectivity index (χ0n) is 14.2. The monoisotopic (exact) mass is 320 g/mol. The number of anilines is 1. The van der Waals surface area contributed by atoms with Crippen LogP contribution in [0.3, 0.4) is 0 Å². The van der Waals surface area contributed by atoms with Crippen molar-refractivity contribution in [3.8, 4) is 0 Å². The summed E-state index contributed by atoms with van der Waals surface area (Å²) in [4.78, 5) is 11.8. The number of allylic oxidation sites excluding steroid dienone is 1. The molecule has 0 unspecified atom stereocenters. The molecule has 0 atom stereocenters. The zero-order chi connectivity index (χ0) is 16.4. The number of benzene rings is 1. The third-order valence-corrected chi connectivity index (χ3v) is 4.98. The van der Waals surface area contributed by atoms with Crippen molar-refractivity contribution in [1.29, 1.82) is 0 Å².